The first-order valence-corrected chi connectivity index (χ1v) is 37.8. The number of hydrogen-bond acceptors (Lipinski definition) is 21. The zero-order valence-corrected chi connectivity index (χ0v) is 72.1. The Balaban J connectivity index is 0.000000720. The standard InChI is InChI=1S/3C15H21NO5.3C14H19NO4/c2*1-15(2,3)21-14(19)16-12(9-13(17)18)10-5-7-11(20-4)8-6-10;1-15(2,3)21-14(19)16-12(9-13(17)18)10-6-5-7-11(8-10)20-4;3*1-14(2,3)19-13(18)15-11(9-12(16)17)10-7-5-4-6-8-10/h3*5-8,12H,9H2,1-4H3,(H,16,19)(H,17,18);3*4-8,11H,9H2,1-3H3,(H,15,18)(H,16,17). The maximum Gasteiger partial charge on any atom is 0.408 e. The molecule has 33 heteroatoms. The zero-order chi connectivity index (χ0) is 91.5. The number of nitrogens with one attached hydrogen (secondary N) is 6. The number of aliphatic carboxylic acids is 6. The molecule has 0 radical (unpaired) electrons. The SMILES string of the molecule is CC(C)(C)OC(=O)NC(CC(=O)O)c1ccccc1.CC(C)(C)OC(=O)NC(CC(=O)O)c1ccccc1.CC(C)(C)OC(=O)NC(CC(=O)O)c1ccccc1.COc1ccc(C(CC(=O)O)NC(=O)OC(C)(C)C)cc1.COc1ccc(C(CC(=O)O)NC(=O)OC(C)(C)C)cc1.COc1cccc(C(CC(=O)O)NC(=O)OC(C)(C)C)c1. The molecule has 6 amide bonds. The molecule has 0 spiro atoms. The van der Waals surface area contributed by atoms with Crippen molar-refractivity contribution >= 4 is 72.4 Å². The predicted octanol–water partition coefficient (Wildman–Crippen LogP) is 16.4. The molecule has 0 aromatic heterocycles. The molecule has 0 fully saturated rings. The molecule has 0 saturated heterocycles. The van der Waals surface area contributed by atoms with Crippen LogP contribution >= 0.6 is 0 Å². The maximum atomic E-state index is 11.8. The van der Waals surface area contributed by atoms with Gasteiger partial charge in [0.25, 0.3) is 0 Å². The van der Waals surface area contributed by atoms with Gasteiger partial charge in [-0.1, -0.05) is 127 Å². The third kappa shape index (κ3) is 51.3. The Kier molecular flexibility index (Phi) is 44.4. The lowest BCUT2D eigenvalue weighted by molar-refractivity contribution is -0.138. The lowest BCUT2D eigenvalue weighted by atomic mass is 10.0. The third-order valence-corrected chi connectivity index (χ3v) is 14.6. The molecular weight excluding hydrogens is 1560 g/mol. The topological polar surface area (TPSA) is 481 Å². The number of rotatable bonds is 27. The van der Waals surface area contributed by atoms with Gasteiger partial charge in [-0.25, -0.2) is 28.8 Å². The largest absolute Gasteiger partial charge is 0.497 e. The van der Waals surface area contributed by atoms with Crippen molar-refractivity contribution in [1.82, 2.24) is 31.9 Å². The van der Waals surface area contributed by atoms with Crippen molar-refractivity contribution in [1.29, 1.82) is 0 Å². The number of carboxylic acids is 6. The van der Waals surface area contributed by atoms with E-state index in [4.69, 9.17) is 73.3 Å². The Morgan fingerprint density at radius 2 is 0.400 bits per heavy atom. The number of ether oxygens (including phenoxy) is 9. The van der Waals surface area contributed by atoms with Gasteiger partial charge >= 0.3 is 72.4 Å². The summed E-state index contributed by atoms with van der Waals surface area (Å²) in [6.07, 6.45) is -5.10. The lowest BCUT2D eigenvalue weighted by Crippen LogP contribution is -2.35. The first-order valence-electron chi connectivity index (χ1n) is 37.8. The van der Waals surface area contributed by atoms with Crippen LogP contribution in [0.15, 0.2) is 164 Å². The number of amides is 6. The van der Waals surface area contributed by atoms with Crippen molar-refractivity contribution in [2.45, 2.75) is 233 Å². The van der Waals surface area contributed by atoms with Crippen molar-refractivity contribution in [3.05, 3.63) is 197 Å². The van der Waals surface area contributed by atoms with Gasteiger partial charge in [-0.15, -0.1) is 0 Å². The van der Waals surface area contributed by atoms with E-state index < -0.39 is 142 Å². The van der Waals surface area contributed by atoms with Crippen LogP contribution in [-0.2, 0) is 57.2 Å². The highest BCUT2D eigenvalue weighted by molar-refractivity contribution is 5.76. The average Bonchev–Trinajstić information content (AvgIpc) is 0.891. The van der Waals surface area contributed by atoms with Crippen LogP contribution in [0.25, 0.3) is 0 Å². The van der Waals surface area contributed by atoms with E-state index in [9.17, 15) is 57.5 Å². The van der Waals surface area contributed by atoms with Crippen molar-refractivity contribution in [3.63, 3.8) is 0 Å². The Morgan fingerprint density at radius 1 is 0.233 bits per heavy atom. The van der Waals surface area contributed by atoms with Crippen LogP contribution in [0.3, 0.4) is 0 Å². The molecule has 0 aliphatic rings. The van der Waals surface area contributed by atoms with Crippen LogP contribution in [-0.4, -0.2) is 158 Å². The molecule has 6 aromatic rings. The van der Waals surface area contributed by atoms with E-state index >= 15 is 0 Å². The number of carboxylic acid groups (broad SMARTS) is 6. The average molecular weight is 1680 g/mol. The fourth-order valence-corrected chi connectivity index (χ4v) is 9.85. The van der Waals surface area contributed by atoms with Crippen molar-refractivity contribution < 1.29 is 131 Å². The van der Waals surface area contributed by atoms with E-state index in [2.05, 4.69) is 31.9 Å². The summed E-state index contributed by atoms with van der Waals surface area (Å²) in [6.45, 7) is 31.4. The molecule has 6 rings (SSSR count). The van der Waals surface area contributed by atoms with Gasteiger partial charge < -0.3 is 105 Å². The van der Waals surface area contributed by atoms with E-state index in [1.807, 2.05) is 18.2 Å². The molecule has 0 bridgehead atoms. The minimum Gasteiger partial charge on any atom is -0.497 e. The molecule has 6 aromatic carbocycles. The Morgan fingerprint density at radius 3 is 0.567 bits per heavy atom. The minimum absolute atomic E-state index is 0.191. The molecule has 33 nitrogen and oxygen atoms in total. The molecule has 6 atom stereocenters. The smallest absolute Gasteiger partial charge is 0.408 e. The Bertz CT molecular complexity index is 3890. The molecule has 6 unspecified atom stereocenters. The molecule has 0 heterocycles. The minimum atomic E-state index is -1.01. The summed E-state index contributed by atoms with van der Waals surface area (Å²) in [5.74, 6) is -4.07. The van der Waals surface area contributed by atoms with Crippen LogP contribution in [0.2, 0.25) is 0 Å². The first-order chi connectivity index (χ1) is 55.5. The number of benzene rings is 6. The van der Waals surface area contributed by atoms with Gasteiger partial charge in [-0.2, -0.15) is 0 Å². The highest BCUT2D eigenvalue weighted by Crippen LogP contribution is 2.27. The van der Waals surface area contributed by atoms with Gasteiger partial charge in [-0.3, -0.25) is 28.8 Å². The van der Waals surface area contributed by atoms with E-state index in [-0.39, 0.29) is 38.5 Å². The normalized spacial score (nSPS) is 12.5. The van der Waals surface area contributed by atoms with Gasteiger partial charge in [0.1, 0.15) is 50.9 Å². The Hall–Kier alpha value is -12.8. The number of carbonyl (C=O) groups is 12. The van der Waals surface area contributed by atoms with Crippen molar-refractivity contribution in [2.24, 2.45) is 0 Å². The fourth-order valence-electron chi connectivity index (χ4n) is 9.85. The van der Waals surface area contributed by atoms with Gasteiger partial charge in [0.2, 0.25) is 0 Å². The molecule has 0 aliphatic carbocycles. The summed E-state index contributed by atoms with van der Waals surface area (Å²) < 4.78 is 46.0. The van der Waals surface area contributed by atoms with Crippen LogP contribution in [0.4, 0.5) is 28.8 Å². The van der Waals surface area contributed by atoms with Gasteiger partial charge in [0, 0.05) is 0 Å². The number of hydrogen-bond donors (Lipinski definition) is 12. The monoisotopic (exact) mass is 1680 g/mol. The molecule has 12 N–H and O–H groups in total. The third-order valence-electron chi connectivity index (χ3n) is 14.6. The van der Waals surface area contributed by atoms with E-state index in [0.717, 1.165) is 16.7 Å². The number of methoxy groups -OCH3 is 3. The van der Waals surface area contributed by atoms with E-state index in [1.165, 1.54) is 7.11 Å². The van der Waals surface area contributed by atoms with Crippen LogP contribution in [0.5, 0.6) is 17.2 Å². The summed E-state index contributed by atoms with van der Waals surface area (Å²) in [7, 11) is 4.61. The highest BCUT2D eigenvalue weighted by atomic mass is 16.6. The van der Waals surface area contributed by atoms with Crippen LogP contribution < -0.4 is 46.1 Å². The second-order valence-corrected chi connectivity index (χ2v) is 32.3. The fraction of sp³-hybridized carbons (Fsp3) is 0.448. The van der Waals surface area contributed by atoms with E-state index in [1.54, 1.807) is 284 Å². The maximum absolute atomic E-state index is 11.8. The molecule has 0 saturated carbocycles. The Labute approximate surface area is 700 Å². The first kappa shape index (κ1) is 105. The second-order valence-electron chi connectivity index (χ2n) is 32.3. The lowest BCUT2D eigenvalue weighted by Gasteiger charge is -2.23. The number of alkyl carbamates (subject to hydrolysis) is 6. The van der Waals surface area contributed by atoms with Crippen molar-refractivity contribution in [3.8, 4) is 17.2 Å². The summed E-state index contributed by atoms with van der Waals surface area (Å²) in [4.78, 5) is 136. The van der Waals surface area contributed by atoms with Gasteiger partial charge in [-0.05, 0) is 194 Å². The second kappa shape index (κ2) is 50.7. The van der Waals surface area contributed by atoms with E-state index in [0.29, 0.717) is 33.9 Å². The predicted molar refractivity (Wildman–Crippen MR) is 444 cm³/mol. The summed E-state index contributed by atoms with van der Waals surface area (Å²) in [5, 5.41) is 69.1. The summed E-state index contributed by atoms with van der Waals surface area (Å²) in [5.41, 5.74) is 0.400. The zero-order valence-electron chi connectivity index (χ0n) is 72.1. The molecular formula is C87H120N6O27. The quantitative estimate of drug-likeness (QED) is 0.0213. The highest BCUT2D eigenvalue weighted by Gasteiger charge is 2.29. The summed E-state index contributed by atoms with van der Waals surface area (Å²) >= 11 is 0. The van der Waals surface area contributed by atoms with Crippen LogP contribution in [0.1, 0.15) is 233 Å². The van der Waals surface area contributed by atoms with Crippen LogP contribution in [0, 0.1) is 0 Å². The molecule has 660 valence electrons. The molecule has 0 aliphatic heterocycles. The van der Waals surface area contributed by atoms with Gasteiger partial charge in [0.05, 0.1) is 96.1 Å². The van der Waals surface area contributed by atoms with Crippen molar-refractivity contribution in [2.75, 3.05) is 21.3 Å². The molecule has 120 heavy (non-hydrogen) atoms. The van der Waals surface area contributed by atoms with Gasteiger partial charge in [0.15, 0.2) is 0 Å². The summed E-state index contributed by atoms with van der Waals surface area (Å²) in [6, 6.07) is 43.6. The number of carbonyl (C=O) groups excluding carboxylic acids is 6.